The Morgan fingerprint density at radius 1 is 0.884 bits per heavy atom. The summed E-state index contributed by atoms with van der Waals surface area (Å²) >= 11 is 0. The van der Waals surface area contributed by atoms with E-state index in [9.17, 15) is 14.7 Å². The van der Waals surface area contributed by atoms with Crippen molar-refractivity contribution in [3.63, 3.8) is 0 Å². The standard InChI is InChI=1S/C16H17N3O3.C16H15N3O2/c1-16(2)15(21)14(19-13(20)4-3-7-18-19)11-8-10(9-17)5-6-12(11)22-16;1-16(2)9-13(19-15(20)4-3-7-18-19)12-8-11(10-17)5-6-14(12)21-16/h5-8,14-15,21H,3-4H2,1-2H3;5-9H,3-4H2,1-2H3. The lowest BCUT2D eigenvalue weighted by Crippen LogP contribution is -2.54. The molecule has 0 fully saturated rings. The van der Waals surface area contributed by atoms with Crippen molar-refractivity contribution in [1.29, 1.82) is 10.5 Å². The molecule has 0 spiro atoms. The van der Waals surface area contributed by atoms with Crippen molar-refractivity contribution < 1.29 is 24.2 Å². The number of carbonyl (C=O) groups is 2. The number of nitrogens with zero attached hydrogens (tertiary/aromatic N) is 6. The molecule has 4 aliphatic rings. The molecular weight excluding hydrogens is 548 g/mol. The first-order valence-electron chi connectivity index (χ1n) is 14.0. The van der Waals surface area contributed by atoms with Crippen LogP contribution in [-0.4, -0.2) is 56.7 Å². The molecule has 0 radical (unpaired) electrons. The summed E-state index contributed by atoms with van der Waals surface area (Å²) in [5.74, 6) is 1.03. The van der Waals surface area contributed by atoms with Crippen LogP contribution in [0.1, 0.15) is 81.7 Å². The minimum Gasteiger partial charge on any atom is -0.485 e. The average molecular weight is 581 g/mol. The molecule has 0 saturated heterocycles. The van der Waals surface area contributed by atoms with Crippen LogP contribution in [0.4, 0.5) is 0 Å². The minimum absolute atomic E-state index is 0.0465. The Hall–Kier alpha value is -5.00. The molecule has 43 heavy (non-hydrogen) atoms. The van der Waals surface area contributed by atoms with Gasteiger partial charge >= 0.3 is 0 Å². The fourth-order valence-electron chi connectivity index (χ4n) is 5.32. The molecule has 0 aliphatic carbocycles. The lowest BCUT2D eigenvalue weighted by atomic mass is 9.85. The Bertz CT molecular complexity index is 1640. The first-order valence-corrected chi connectivity index (χ1v) is 14.0. The lowest BCUT2D eigenvalue weighted by molar-refractivity contribution is -0.145. The summed E-state index contributed by atoms with van der Waals surface area (Å²) in [5, 5.41) is 40.0. The van der Waals surface area contributed by atoms with Crippen molar-refractivity contribution in [2.75, 3.05) is 0 Å². The van der Waals surface area contributed by atoms with Crippen LogP contribution in [0, 0.1) is 22.7 Å². The van der Waals surface area contributed by atoms with Crippen LogP contribution in [0.15, 0.2) is 52.7 Å². The van der Waals surface area contributed by atoms with Gasteiger partial charge in [0.1, 0.15) is 34.8 Å². The zero-order chi connectivity index (χ0) is 30.9. The van der Waals surface area contributed by atoms with Gasteiger partial charge in [0.2, 0.25) is 11.8 Å². The van der Waals surface area contributed by atoms with Gasteiger partial charge in [-0.1, -0.05) is 0 Å². The Morgan fingerprint density at radius 2 is 1.51 bits per heavy atom. The van der Waals surface area contributed by atoms with Crippen molar-refractivity contribution in [2.45, 2.75) is 76.7 Å². The number of carbonyl (C=O) groups excluding carboxylic acids is 2. The maximum absolute atomic E-state index is 12.2. The number of fused-ring (bicyclic) bond motifs is 2. The van der Waals surface area contributed by atoms with Gasteiger partial charge in [-0.15, -0.1) is 0 Å². The van der Waals surface area contributed by atoms with E-state index in [0.29, 0.717) is 59.6 Å². The molecule has 0 saturated carbocycles. The van der Waals surface area contributed by atoms with Crippen molar-refractivity contribution in [3.8, 4) is 23.6 Å². The number of hydrogen-bond acceptors (Lipinski definition) is 9. The maximum Gasteiger partial charge on any atom is 0.247 e. The highest BCUT2D eigenvalue weighted by molar-refractivity contribution is 5.92. The number of hydrogen-bond donors (Lipinski definition) is 1. The van der Waals surface area contributed by atoms with Gasteiger partial charge in [-0.3, -0.25) is 9.59 Å². The molecule has 4 heterocycles. The summed E-state index contributed by atoms with van der Waals surface area (Å²) in [6.07, 6.45) is 6.39. The van der Waals surface area contributed by atoms with Crippen molar-refractivity contribution in [3.05, 3.63) is 64.7 Å². The fourth-order valence-corrected chi connectivity index (χ4v) is 5.32. The van der Waals surface area contributed by atoms with E-state index < -0.39 is 23.3 Å². The van der Waals surface area contributed by atoms with Gasteiger partial charge in [-0.25, -0.2) is 10.0 Å². The highest BCUT2D eigenvalue weighted by Gasteiger charge is 2.47. The van der Waals surface area contributed by atoms with Gasteiger partial charge in [0.25, 0.3) is 0 Å². The Morgan fingerprint density at radius 3 is 2.16 bits per heavy atom. The van der Waals surface area contributed by atoms with Gasteiger partial charge in [-0.2, -0.15) is 20.7 Å². The van der Waals surface area contributed by atoms with Crippen LogP contribution in [0.2, 0.25) is 0 Å². The molecule has 6 rings (SSSR count). The van der Waals surface area contributed by atoms with Crippen LogP contribution in [0.5, 0.6) is 11.5 Å². The summed E-state index contributed by atoms with van der Waals surface area (Å²) in [6, 6.07) is 13.7. The molecule has 11 heteroatoms. The van der Waals surface area contributed by atoms with E-state index in [2.05, 4.69) is 22.3 Å². The SMILES string of the molecule is CC1(C)C=C(N2N=CCCC2=O)c2cc(C#N)ccc2O1.CC1(C)Oc2ccc(C#N)cc2C(N2N=CCCC2=O)C1O. The largest absolute Gasteiger partial charge is 0.485 e. The highest BCUT2D eigenvalue weighted by Crippen LogP contribution is 2.44. The zero-order valence-electron chi connectivity index (χ0n) is 24.4. The number of amides is 2. The van der Waals surface area contributed by atoms with E-state index >= 15 is 0 Å². The van der Waals surface area contributed by atoms with E-state index in [4.69, 9.17) is 20.0 Å². The van der Waals surface area contributed by atoms with Crippen LogP contribution >= 0.6 is 0 Å². The van der Waals surface area contributed by atoms with E-state index in [0.717, 1.165) is 5.56 Å². The molecule has 2 aromatic rings. The molecule has 2 unspecified atom stereocenters. The summed E-state index contributed by atoms with van der Waals surface area (Å²) in [5.41, 5.74) is 1.59. The molecule has 1 N–H and O–H groups in total. The quantitative estimate of drug-likeness (QED) is 0.552. The van der Waals surface area contributed by atoms with Gasteiger partial charge in [0.05, 0.1) is 29.0 Å². The number of rotatable bonds is 2. The number of hydrazone groups is 2. The van der Waals surface area contributed by atoms with Crippen molar-refractivity contribution in [1.82, 2.24) is 10.0 Å². The first kappa shape index (κ1) is 29.5. The summed E-state index contributed by atoms with van der Waals surface area (Å²) in [7, 11) is 0. The minimum atomic E-state index is -0.951. The first-order chi connectivity index (χ1) is 20.4. The fraction of sp³-hybridized carbons (Fsp3) is 0.375. The third kappa shape index (κ3) is 5.85. The van der Waals surface area contributed by atoms with E-state index in [1.165, 1.54) is 10.0 Å². The zero-order valence-corrected chi connectivity index (χ0v) is 24.4. The van der Waals surface area contributed by atoms with Crippen LogP contribution in [-0.2, 0) is 9.59 Å². The summed E-state index contributed by atoms with van der Waals surface area (Å²) in [4.78, 5) is 24.3. The number of aliphatic hydroxyl groups is 1. The van der Waals surface area contributed by atoms with E-state index in [1.54, 1.807) is 62.7 Å². The molecule has 4 aliphatic heterocycles. The molecule has 2 aromatic carbocycles. The lowest BCUT2D eigenvalue weighted by Gasteiger charge is -2.45. The van der Waals surface area contributed by atoms with E-state index in [1.807, 2.05) is 19.9 Å². The summed E-state index contributed by atoms with van der Waals surface area (Å²) in [6.45, 7) is 7.38. The highest BCUT2D eigenvalue weighted by atomic mass is 16.5. The van der Waals surface area contributed by atoms with Crippen molar-refractivity contribution in [2.24, 2.45) is 10.2 Å². The molecule has 11 nitrogen and oxygen atoms in total. The second-order valence-corrected chi connectivity index (χ2v) is 11.6. The van der Waals surface area contributed by atoms with Gasteiger partial charge in [0.15, 0.2) is 0 Å². The number of benzene rings is 2. The Balaban J connectivity index is 0.000000171. The molecule has 2 amide bonds. The van der Waals surface area contributed by atoms with Crippen LogP contribution < -0.4 is 9.47 Å². The second kappa shape index (κ2) is 11.3. The second-order valence-electron chi connectivity index (χ2n) is 11.6. The molecule has 0 bridgehead atoms. The predicted octanol–water partition coefficient (Wildman–Crippen LogP) is 4.42. The normalized spacial score (nSPS) is 22.8. The van der Waals surface area contributed by atoms with Gasteiger partial charge in [0, 0.05) is 36.4 Å². The maximum atomic E-state index is 12.2. The van der Waals surface area contributed by atoms with Crippen molar-refractivity contribution >= 4 is 29.9 Å². The third-order valence-corrected chi connectivity index (χ3v) is 7.45. The Labute approximate surface area is 249 Å². The van der Waals surface area contributed by atoms with Crippen LogP contribution in [0.3, 0.4) is 0 Å². The topological polar surface area (TPSA) is 152 Å². The van der Waals surface area contributed by atoms with Gasteiger partial charge in [-0.05, 0) is 83.0 Å². The summed E-state index contributed by atoms with van der Waals surface area (Å²) < 4.78 is 11.7. The van der Waals surface area contributed by atoms with Gasteiger partial charge < -0.3 is 14.6 Å². The monoisotopic (exact) mass is 580 g/mol. The Kier molecular flexibility index (Phi) is 7.78. The van der Waals surface area contributed by atoms with E-state index in [-0.39, 0.29) is 11.8 Å². The molecule has 220 valence electrons. The average Bonchev–Trinajstić information content (AvgIpc) is 2.98. The number of aliphatic hydroxyl groups excluding tert-OH is 1. The number of ether oxygens (including phenoxy) is 2. The molecule has 0 aromatic heterocycles. The van der Waals surface area contributed by atoms with Crippen LogP contribution in [0.25, 0.3) is 5.70 Å². The predicted molar refractivity (Wildman–Crippen MR) is 158 cm³/mol. The molecule has 2 atom stereocenters. The smallest absolute Gasteiger partial charge is 0.247 e. The molecular formula is C32H32N6O5. The number of nitriles is 2. The third-order valence-electron chi connectivity index (χ3n) is 7.45.